The van der Waals surface area contributed by atoms with Crippen molar-refractivity contribution in [1.82, 2.24) is 10.3 Å². The minimum Gasteiger partial charge on any atom is -0.378 e. The van der Waals surface area contributed by atoms with Crippen molar-refractivity contribution in [3.63, 3.8) is 0 Å². The number of ether oxygens (including phenoxy) is 1. The molecule has 94 valence electrons. The van der Waals surface area contributed by atoms with Gasteiger partial charge < -0.3 is 10.1 Å². The zero-order valence-corrected chi connectivity index (χ0v) is 10.6. The van der Waals surface area contributed by atoms with Gasteiger partial charge in [-0.25, -0.2) is 0 Å². The van der Waals surface area contributed by atoms with Crippen LogP contribution in [0.3, 0.4) is 0 Å². The quantitative estimate of drug-likeness (QED) is 0.850. The summed E-state index contributed by atoms with van der Waals surface area (Å²) in [7, 11) is 0. The van der Waals surface area contributed by atoms with Crippen LogP contribution >= 0.6 is 0 Å². The Morgan fingerprint density at radius 1 is 1.47 bits per heavy atom. The van der Waals surface area contributed by atoms with Crippen LogP contribution in [-0.2, 0) is 4.74 Å². The largest absolute Gasteiger partial charge is 0.378 e. The Morgan fingerprint density at radius 2 is 2.41 bits per heavy atom. The van der Waals surface area contributed by atoms with Crippen molar-refractivity contribution >= 4 is 0 Å². The Bertz CT molecular complexity index is 309. The first-order valence-electron chi connectivity index (χ1n) is 6.62. The lowest BCUT2D eigenvalue weighted by Gasteiger charge is -2.23. The predicted octanol–water partition coefficient (Wildman–Crippen LogP) is 2.69. The summed E-state index contributed by atoms with van der Waals surface area (Å²) in [5, 5.41) is 3.50. The van der Waals surface area contributed by atoms with Gasteiger partial charge in [0.05, 0.1) is 11.8 Å². The highest BCUT2D eigenvalue weighted by Crippen LogP contribution is 2.15. The molecule has 0 bridgehead atoms. The van der Waals surface area contributed by atoms with Gasteiger partial charge in [-0.3, -0.25) is 4.98 Å². The first-order valence-corrected chi connectivity index (χ1v) is 6.62. The van der Waals surface area contributed by atoms with Gasteiger partial charge in [0.15, 0.2) is 0 Å². The summed E-state index contributed by atoms with van der Waals surface area (Å²) < 4.78 is 5.71. The standard InChI is InChI=1S/C14H22N2O/c1-12(14-7-2-4-9-16-14)15-10-8-13-6-3-5-11-17-13/h2,4,7,9,12-13,15H,3,5-6,8,10-11H2,1H3. The highest BCUT2D eigenvalue weighted by atomic mass is 16.5. The van der Waals surface area contributed by atoms with Crippen molar-refractivity contribution in [2.75, 3.05) is 13.2 Å². The van der Waals surface area contributed by atoms with Gasteiger partial charge in [-0.15, -0.1) is 0 Å². The van der Waals surface area contributed by atoms with Crippen LogP contribution in [0.2, 0.25) is 0 Å². The number of aromatic nitrogens is 1. The summed E-state index contributed by atoms with van der Waals surface area (Å²) in [4.78, 5) is 4.35. The second-order valence-electron chi connectivity index (χ2n) is 4.71. The molecule has 1 aliphatic heterocycles. The highest BCUT2D eigenvalue weighted by molar-refractivity contribution is 5.07. The molecule has 0 aliphatic carbocycles. The zero-order chi connectivity index (χ0) is 11.9. The molecule has 1 aromatic heterocycles. The lowest BCUT2D eigenvalue weighted by Crippen LogP contribution is -2.27. The molecule has 1 saturated heterocycles. The number of hydrogen-bond donors (Lipinski definition) is 1. The van der Waals surface area contributed by atoms with Crippen molar-refractivity contribution in [1.29, 1.82) is 0 Å². The van der Waals surface area contributed by atoms with Crippen LogP contribution in [0.5, 0.6) is 0 Å². The smallest absolute Gasteiger partial charge is 0.0587 e. The molecular weight excluding hydrogens is 212 g/mol. The molecule has 2 rings (SSSR count). The number of nitrogens with zero attached hydrogens (tertiary/aromatic N) is 1. The monoisotopic (exact) mass is 234 g/mol. The first kappa shape index (κ1) is 12.5. The minimum absolute atomic E-state index is 0.319. The maximum Gasteiger partial charge on any atom is 0.0587 e. The van der Waals surface area contributed by atoms with Crippen LogP contribution in [0.25, 0.3) is 0 Å². The Labute approximate surface area is 104 Å². The van der Waals surface area contributed by atoms with E-state index in [2.05, 4.69) is 23.3 Å². The molecule has 0 spiro atoms. The third-order valence-corrected chi connectivity index (χ3v) is 3.32. The second-order valence-corrected chi connectivity index (χ2v) is 4.71. The molecule has 1 aliphatic rings. The van der Waals surface area contributed by atoms with Crippen molar-refractivity contribution in [3.05, 3.63) is 30.1 Å². The molecule has 0 radical (unpaired) electrons. The van der Waals surface area contributed by atoms with Crippen molar-refractivity contribution in [3.8, 4) is 0 Å². The fourth-order valence-electron chi connectivity index (χ4n) is 2.23. The maximum absolute atomic E-state index is 5.71. The molecule has 0 amide bonds. The maximum atomic E-state index is 5.71. The van der Waals surface area contributed by atoms with E-state index >= 15 is 0 Å². The van der Waals surface area contributed by atoms with Gasteiger partial charge in [0, 0.05) is 18.8 Å². The lowest BCUT2D eigenvalue weighted by atomic mass is 10.1. The topological polar surface area (TPSA) is 34.1 Å². The van der Waals surface area contributed by atoms with Crippen LogP contribution in [0, 0.1) is 0 Å². The van der Waals surface area contributed by atoms with Gasteiger partial charge in [-0.2, -0.15) is 0 Å². The molecule has 17 heavy (non-hydrogen) atoms. The molecule has 3 nitrogen and oxygen atoms in total. The number of nitrogens with one attached hydrogen (secondary N) is 1. The summed E-state index contributed by atoms with van der Waals surface area (Å²) in [5.41, 5.74) is 1.11. The zero-order valence-electron chi connectivity index (χ0n) is 10.6. The molecule has 2 unspecified atom stereocenters. The average molecular weight is 234 g/mol. The molecule has 3 heteroatoms. The van der Waals surface area contributed by atoms with Crippen molar-refractivity contribution in [2.45, 2.75) is 44.8 Å². The normalized spacial score (nSPS) is 22.3. The van der Waals surface area contributed by atoms with Gasteiger partial charge in [-0.05, 0) is 51.3 Å². The Hall–Kier alpha value is -0.930. The summed E-state index contributed by atoms with van der Waals surface area (Å²) in [6.45, 7) is 4.10. The molecular formula is C14H22N2O. The van der Waals surface area contributed by atoms with E-state index in [4.69, 9.17) is 4.74 Å². The van der Waals surface area contributed by atoms with Crippen LogP contribution < -0.4 is 5.32 Å². The van der Waals surface area contributed by atoms with Gasteiger partial charge in [-0.1, -0.05) is 6.07 Å². The Morgan fingerprint density at radius 3 is 3.12 bits per heavy atom. The fourth-order valence-corrected chi connectivity index (χ4v) is 2.23. The van der Waals surface area contributed by atoms with E-state index in [0.29, 0.717) is 12.1 Å². The molecule has 0 aromatic carbocycles. The third-order valence-electron chi connectivity index (χ3n) is 3.32. The average Bonchev–Trinajstić information content (AvgIpc) is 2.41. The number of rotatable bonds is 5. The van der Waals surface area contributed by atoms with Gasteiger partial charge >= 0.3 is 0 Å². The van der Waals surface area contributed by atoms with E-state index in [-0.39, 0.29) is 0 Å². The van der Waals surface area contributed by atoms with Crippen molar-refractivity contribution < 1.29 is 4.74 Å². The predicted molar refractivity (Wildman–Crippen MR) is 68.9 cm³/mol. The van der Waals surface area contributed by atoms with Crippen LogP contribution in [-0.4, -0.2) is 24.2 Å². The summed E-state index contributed by atoms with van der Waals surface area (Å²) in [6.07, 6.45) is 7.19. The summed E-state index contributed by atoms with van der Waals surface area (Å²) >= 11 is 0. The molecule has 1 N–H and O–H groups in total. The summed E-state index contributed by atoms with van der Waals surface area (Å²) in [6, 6.07) is 6.37. The molecule has 0 saturated carbocycles. The SMILES string of the molecule is CC(NCCC1CCCCO1)c1ccccn1. The van der Waals surface area contributed by atoms with Crippen LogP contribution in [0.1, 0.15) is 44.3 Å². The van der Waals surface area contributed by atoms with E-state index in [0.717, 1.165) is 25.3 Å². The van der Waals surface area contributed by atoms with E-state index < -0.39 is 0 Å². The van der Waals surface area contributed by atoms with E-state index in [1.807, 2.05) is 18.3 Å². The van der Waals surface area contributed by atoms with E-state index in [9.17, 15) is 0 Å². The minimum atomic E-state index is 0.319. The molecule has 2 heterocycles. The Balaban J connectivity index is 1.67. The van der Waals surface area contributed by atoms with E-state index in [1.54, 1.807) is 0 Å². The van der Waals surface area contributed by atoms with Gasteiger partial charge in [0.1, 0.15) is 0 Å². The first-order chi connectivity index (χ1) is 8.36. The third kappa shape index (κ3) is 4.10. The lowest BCUT2D eigenvalue weighted by molar-refractivity contribution is 0.0112. The summed E-state index contributed by atoms with van der Waals surface area (Å²) in [5.74, 6) is 0. The van der Waals surface area contributed by atoms with E-state index in [1.165, 1.54) is 19.3 Å². The van der Waals surface area contributed by atoms with Gasteiger partial charge in [0.25, 0.3) is 0 Å². The number of hydrogen-bond acceptors (Lipinski definition) is 3. The van der Waals surface area contributed by atoms with Crippen molar-refractivity contribution in [2.24, 2.45) is 0 Å². The molecule has 1 aromatic rings. The fraction of sp³-hybridized carbons (Fsp3) is 0.643. The van der Waals surface area contributed by atoms with Crippen LogP contribution in [0.15, 0.2) is 24.4 Å². The highest BCUT2D eigenvalue weighted by Gasteiger charge is 2.13. The molecule has 1 fully saturated rings. The van der Waals surface area contributed by atoms with Crippen LogP contribution in [0.4, 0.5) is 0 Å². The Kier molecular flexibility index (Phi) is 4.95. The van der Waals surface area contributed by atoms with Gasteiger partial charge in [0.2, 0.25) is 0 Å². The molecule has 2 atom stereocenters. The second kappa shape index (κ2) is 6.72. The number of pyridine rings is 1.